The fraction of sp³-hybridized carbons (Fsp3) is 0.556. The summed E-state index contributed by atoms with van der Waals surface area (Å²) in [5, 5.41) is 0. The Labute approximate surface area is 73.1 Å². The van der Waals surface area contributed by atoms with E-state index < -0.39 is 0 Å². The smallest absolute Gasteiger partial charge is 0.256 e. The molecule has 12 heavy (non-hydrogen) atoms. The van der Waals surface area contributed by atoms with Gasteiger partial charge in [-0.3, -0.25) is 14.5 Å². The topological polar surface area (TPSA) is 37.4 Å². The summed E-state index contributed by atoms with van der Waals surface area (Å²) in [6, 6.07) is 0. The second-order valence-electron chi connectivity index (χ2n) is 2.42. The molecule has 0 aromatic heterocycles. The summed E-state index contributed by atoms with van der Waals surface area (Å²) >= 11 is 0. The van der Waals surface area contributed by atoms with E-state index in [1.807, 2.05) is 13.8 Å². The van der Waals surface area contributed by atoms with Gasteiger partial charge in [-0.05, 0) is 13.8 Å². The van der Waals surface area contributed by atoms with E-state index in [2.05, 4.69) is 0 Å². The van der Waals surface area contributed by atoms with Crippen LogP contribution in [0.15, 0.2) is 11.1 Å². The monoisotopic (exact) mass is 169 g/mol. The van der Waals surface area contributed by atoms with Crippen LogP contribution in [-0.2, 0) is 9.59 Å². The summed E-state index contributed by atoms with van der Waals surface area (Å²) in [6.45, 7) is 7.33. The fourth-order valence-electron chi connectivity index (χ4n) is 0.916. The van der Waals surface area contributed by atoms with Crippen molar-refractivity contribution in [1.82, 2.24) is 4.90 Å². The van der Waals surface area contributed by atoms with Crippen LogP contribution in [-0.4, -0.2) is 23.8 Å². The van der Waals surface area contributed by atoms with Gasteiger partial charge < -0.3 is 0 Å². The van der Waals surface area contributed by atoms with Crippen LogP contribution in [0.2, 0.25) is 0 Å². The van der Waals surface area contributed by atoms with Crippen LogP contribution >= 0.6 is 0 Å². The number of hydrogen-bond acceptors (Lipinski definition) is 2. The number of carbonyl (C=O) groups excluding carboxylic acids is 2. The molecule has 0 bridgehead atoms. The van der Waals surface area contributed by atoms with E-state index >= 15 is 0 Å². The van der Waals surface area contributed by atoms with Crippen LogP contribution in [0.25, 0.3) is 0 Å². The highest BCUT2D eigenvalue weighted by atomic mass is 16.2. The molecule has 1 heterocycles. The van der Waals surface area contributed by atoms with Gasteiger partial charge in [-0.2, -0.15) is 0 Å². The molecule has 2 amide bonds. The molecule has 0 unspecified atom stereocenters. The van der Waals surface area contributed by atoms with Crippen molar-refractivity contribution < 1.29 is 9.59 Å². The fourth-order valence-corrected chi connectivity index (χ4v) is 0.916. The molecule has 1 aliphatic rings. The minimum Gasteiger partial charge on any atom is -0.278 e. The minimum atomic E-state index is -0.178. The van der Waals surface area contributed by atoms with Crippen LogP contribution in [0.4, 0.5) is 0 Å². The van der Waals surface area contributed by atoms with E-state index in [9.17, 15) is 9.59 Å². The van der Waals surface area contributed by atoms with Crippen molar-refractivity contribution in [2.45, 2.75) is 27.7 Å². The molecule has 0 aromatic rings. The van der Waals surface area contributed by atoms with Gasteiger partial charge >= 0.3 is 0 Å². The average Bonchev–Trinajstić information content (AvgIpc) is 2.27. The molecule has 0 aromatic carbocycles. The van der Waals surface area contributed by atoms with Gasteiger partial charge in [0.2, 0.25) is 0 Å². The molecular formula is C9H15NO2. The van der Waals surface area contributed by atoms with Gasteiger partial charge in [-0.1, -0.05) is 13.8 Å². The first-order chi connectivity index (χ1) is 5.55. The molecular weight excluding hydrogens is 154 g/mol. The summed E-state index contributed by atoms with van der Waals surface area (Å²) in [5.41, 5.74) is 1.13. The zero-order valence-corrected chi connectivity index (χ0v) is 8.26. The Kier molecular flexibility index (Phi) is 3.67. The van der Waals surface area contributed by atoms with E-state index in [4.69, 9.17) is 0 Å². The van der Waals surface area contributed by atoms with E-state index in [1.165, 1.54) is 7.05 Å². The van der Waals surface area contributed by atoms with Gasteiger partial charge in [-0.25, -0.2) is 0 Å². The van der Waals surface area contributed by atoms with Gasteiger partial charge in [0.05, 0.1) is 0 Å². The second kappa shape index (κ2) is 4.04. The van der Waals surface area contributed by atoms with Crippen LogP contribution in [0.5, 0.6) is 0 Å². The number of amides is 2. The lowest BCUT2D eigenvalue weighted by Crippen LogP contribution is -2.26. The lowest BCUT2D eigenvalue weighted by Gasteiger charge is -2.04. The first-order valence-electron chi connectivity index (χ1n) is 4.05. The quantitative estimate of drug-likeness (QED) is 0.513. The lowest BCUT2D eigenvalue weighted by molar-refractivity contribution is -0.135. The van der Waals surface area contributed by atoms with E-state index in [1.54, 1.807) is 13.8 Å². The summed E-state index contributed by atoms with van der Waals surface area (Å²) in [6.07, 6.45) is 0. The molecule has 0 spiro atoms. The van der Waals surface area contributed by atoms with Crippen molar-refractivity contribution >= 4 is 11.8 Å². The van der Waals surface area contributed by atoms with Gasteiger partial charge in [0.15, 0.2) is 0 Å². The molecule has 0 fully saturated rings. The maximum atomic E-state index is 11.0. The van der Waals surface area contributed by atoms with Crippen LogP contribution in [0.1, 0.15) is 27.7 Å². The molecule has 0 radical (unpaired) electrons. The standard InChI is InChI=1S/C7H9NO2.C2H6/c1-4-5(2)7(10)8(3)6(4)9;1-2/h1-3H3;1-2H3. The first-order valence-corrected chi connectivity index (χ1v) is 4.05. The highest BCUT2D eigenvalue weighted by Gasteiger charge is 2.29. The summed E-state index contributed by atoms with van der Waals surface area (Å²) in [7, 11) is 1.49. The summed E-state index contributed by atoms with van der Waals surface area (Å²) < 4.78 is 0. The first kappa shape index (κ1) is 10.9. The third kappa shape index (κ3) is 1.55. The van der Waals surface area contributed by atoms with E-state index in [-0.39, 0.29) is 11.8 Å². The Morgan fingerprint density at radius 2 is 1.17 bits per heavy atom. The largest absolute Gasteiger partial charge is 0.278 e. The molecule has 0 N–H and O–H groups in total. The highest BCUT2D eigenvalue weighted by molar-refractivity contribution is 6.18. The Hall–Kier alpha value is -1.12. The third-order valence-corrected chi connectivity index (χ3v) is 1.81. The van der Waals surface area contributed by atoms with E-state index in [0.29, 0.717) is 11.1 Å². The van der Waals surface area contributed by atoms with Gasteiger partial charge in [-0.15, -0.1) is 0 Å². The molecule has 1 aliphatic heterocycles. The molecule has 0 aliphatic carbocycles. The normalized spacial score (nSPS) is 16.6. The van der Waals surface area contributed by atoms with Gasteiger partial charge in [0, 0.05) is 18.2 Å². The van der Waals surface area contributed by atoms with Crippen molar-refractivity contribution in [2.24, 2.45) is 0 Å². The maximum Gasteiger partial charge on any atom is 0.256 e. The lowest BCUT2D eigenvalue weighted by atomic mass is 10.2. The van der Waals surface area contributed by atoms with Crippen molar-refractivity contribution in [3.63, 3.8) is 0 Å². The average molecular weight is 169 g/mol. The maximum absolute atomic E-state index is 11.0. The molecule has 0 saturated carbocycles. The number of carbonyl (C=O) groups is 2. The SMILES string of the molecule is CC.CC1=C(C)C(=O)N(C)C1=O. The van der Waals surface area contributed by atoms with Gasteiger partial charge in [0.25, 0.3) is 11.8 Å². The van der Waals surface area contributed by atoms with Crippen LogP contribution < -0.4 is 0 Å². The van der Waals surface area contributed by atoms with Crippen molar-refractivity contribution in [2.75, 3.05) is 7.05 Å². The summed E-state index contributed by atoms with van der Waals surface area (Å²) in [4.78, 5) is 23.1. The Morgan fingerprint density at radius 1 is 0.917 bits per heavy atom. The van der Waals surface area contributed by atoms with Crippen LogP contribution in [0.3, 0.4) is 0 Å². The molecule has 3 nitrogen and oxygen atoms in total. The number of likely N-dealkylation sites (N-methyl/N-ethyl adjacent to an activating group) is 1. The van der Waals surface area contributed by atoms with Crippen molar-refractivity contribution in [3.05, 3.63) is 11.1 Å². The molecule has 0 saturated heterocycles. The minimum absolute atomic E-state index is 0.178. The number of imide groups is 1. The highest BCUT2D eigenvalue weighted by Crippen LogP contribution is 2.16. The predicted octanol–water partition coefficient (Wildman–Crippen LogP) is 1.35. The zero-order valence-electron chi connectivity index (χ0n) is 8.26. The van der Waals surface area contributed by atoms with Gasteiger partial charge in [0.1, 0.15) is 0 Å². The van der Waals surface area contributed by atoms with Crippen LogP contribution in [0, 0.1) is 0 Å². The number of hydrogen-bond donors (Lipinski definition) is 0. The molecule has 1 rings (SSSR count). The Morgan fingerprint density at radius 3 is 1.25 bits per heavy atom. The van der Waals surface area contributed by atoms with E-state index in [0.717, 1.165) is 4.90 Å². The molecule has 0 atom stereocenters. The zero-order chi connectivity index (χ0) is 9.89. The number of rotatable bonds is 0. The second-order valence-corrected chi connectivity index (χ2v) is 2.42. The summed E-state index contributed by atoms with van der Waals surface area (Å²) in [5.74, 6) is -0.356. The number of nitrogens with zero attached hydrogens (tertiary/aromatic N) is 1. The molecule has 68 valence electrons. The Bertz CT molecular complexity index is 217. The van der Waals surface area contributed by atoms with Crippen molar-refractivity contribution in [1.29, 1.82) is 0 Å². The van der Waals surface area contributed by atoms with Crippen molar-refractivity contribution in [3.8, 4) is 0 Å². The Balaban J connectivity index is 0.000000561. The molecule has 3 heteroatoms. The third-order valence-electron chi connectivity index (χ3n) is 1.81. The predicted molar refractivity (Wildman–Crippen MR) is 47.5 cm³/mol.